The van der Waals surface area contributed by atoms with Crippen molar-refractivity contribution in [1.82, 2.24) is 0 Å². The summed E-state index contributed by atoms with van der Waals surface area (Å²) in [5.41, 5.74) is 0. The maximum atomic E-state index is 2.40. The Kier molecular flexibility index (Phi) is 5.72. The second-order valence-corrected chi connectivity index (χ2v) is 8.15. The molecule has 0 spiro atoms. The normalized spacial score (nSPS) is 31.9. The molecule has 1 heteroatoms. The van der Waals surface area contributed by atoms with E-state index in [-0.39, 0.29) is 0 Å². The third kappa shape index (κ3) is 4.50. The van der Waals surface area contributed by atoms with Crippen LogP contribution in [0.2, 0.25) is 0 Å². The van der Waals surface area contributed by atoms with E-state index in [1.54, 1.807) is 0 Å². The first-order valence-corrected chi connectivity index (χ1v) is 8.85. The highest BCUT2D eigenvalue weighted by atomic mass is 32.2. The van der Waals surface area contributed by atoms with Gasteiger partial charge in [-0.3, -0.25) is 0 Å². The van der Waals surface area contributed by atoms with Crippen molar-refractivity contribution >= 4 is 11.8 Å². The quantitative estimate of drug-likeness (QED) is 0.624. The van der Waals surface area contributed by atoms with Gasteiger partial charge in [0.1, 0.15) is 0 Å². The van der Waals surface area contributed by atoms with Crippen LogP contribution >= 0.6 is 11.8 Å². The molecular weight excluding hydrogens is 224 g/mol. The van der Waals surface area contributed by atoms with Crippen molar-refractivity contribution in [3.05, 3.63) is 0 Å². The maximum absolute atomic E-state index is 2.40. The summed E-state index contributed by atoms with van der Waals surface area (Å²) in [5.74, 6) is 1.93. The van der Waals surface area contributed by atoms with E-state index in [9.17, 15) is 0 Å². The molecule has 0 bridgehead atoms. The molecule has 0 amide bonds. The van der Waals surface area contributed by atoms with Crippen LogP contribution < -0.4 is 0 Å². The zero-order valence-electron chi connectivity index (χ0n) is 11.8. The van der Waals surface area contributed by atoms with Gasteiger partial charge in [-0.2, -0.15) is 11.8 Å². The Balaban J connectivity index is 1.82. The molecule has 0 saturated heterocycles. The third-order valence-electron chi connectivity index (χ3n) is 4.53. The Morgan fingerprint density at radius 3 is 2.24 bits per heavy atom. The van der Waals surface area contributed by atoms with E-state index in [4.69, 9.17) is 0 Å². The fraction of sp³-hybridized carbons (Fsp3) is 1.00. The molecule has 2 rings (SSSR count). The van der Waals surface area contributed by atoms with Crippen LogP contribution in [0.25, 0.3) is 0 Å². The summed E-state index contributed by atoms with van der Waals surface area (Å²) >= 11 is 2.39. The molecule has 0 nitrogen and oxygen atoms in total. The van der Waals surface area contributed by atoms with Gasteiger partial charge in [-0.25, -0.2) is 0 Å². The molecule has 2 saturated carbocycles. The minimum absolute atomic E-state index is 0.896. The Labute approximate surface area is 112 Å². The minimum Gasteiger partial charge on any atom is -0.155 e. The zero-order chi connectivity index (χ0) is 12.1. The van der Waals surface area contributed by atoms with Gasteiger partial charge in [0.05, 0.1) is 0 Å². The first-order valence-electron chi connectivity index (χ1n) is 7.91. The molecule has 2 atom stereocenters. The molecular formula is C16H30S. The van der Waals surface area contributed by atoms with Crippen LogP contribution in [-0.2, 0) is 0 Å². The second kappa shape index (κ2) is 7.07. The summed E-state index contributed by atoms with van der Waals surface area (Å²) in [5, 5.41) is 2.02. The summed E-state index contributed by atoms with van der Waals surface area (Å²) < 4.78 is 0. The Bertz CT molecular complexity index is 206. The molecule has 2 aliphatic carbocycles. The highest BCUT2D eigenvalue weighted by Gasteiger charge is 2.28. The topological polar surface area (TPSA) is 0 Å². The highest BCUT2D eigenvalue weighted by molar-refractivity contribution is 8.00. The van der Waals surface area contributed by atoms with E-state index >= 15 is 0 Å². The molecule has 0 radical (unpaired) electrons. The number of thioether (sulfide) groups is 1. The fourth-order valence-corrected chi connectivity index (χ4v) is 5.55. The van der Waals surface area contributed by atoms with Crippen molar-refractivity contribution in [2.45, 2.75) is 88.6 Å². The van der Waals surface area contributed by atoms with Crippen LogP contribution in [0, 0.1) is 11.8 Å². The number of hydrogen-bond acceptors (Lipinski definition) is 1. The molecule has 2 unspecified atom stereocenters. The molecule has 0 aromatic heterocycles. The molecule has 0 heterocycles. The maximum Gasteiger partial charge on any atom is 0.00782 e. The average molecular weight is 254 g/mol. The minimum atomic E-state index is 0.896. The van der Waals surface area contributed by atoms with E-state index < -0.39 is 0 Å². The van der Waals surface area contributed by atoms with Crippen LogP contribution in [0.15, 0.2) is 0 Å². The molecule has 0 aromatic rings. The summed E-state index contributed by atoms with van der Waals surface area (Å²) in [6, 6.07) is 0. The zero-order valence-corrected chi connectivity index (χ0v) is 12.6. The van der Waals surface area contributed by atoms with Gasteiger partial charge >= 0.3 is 0 Å². The molecule has 17 heavy (non-hydrogen) atoms. The number of rotatable bonds is 4. The fourth-order valence-electron chi connectivity index (χ4n) is 3.68. The second-order valence-electron chi connectivity index (χ2n) is 6.61. The van der Waals surface area contributed by atoms with E-state index in [1.807, 2.05) is 0 Å². The van der Waals surface area contributed by atoms with Crippen molar-refractivity contribution in [2.75, 3.05) is 0 Å². The van der Waals surface area contributed by atoms with Crippen molar-refractivity contribution < 1.29 is 0 Å². The molecule has 2 aliphatic rings. The van der Waals surface area contributed by atoms with Crippen LogP contribution in [0.5, 0.6) is 0 Å². The summed E-state index contributed by atoms with van der Waals surface area (Å²) in [4.78, 5) is 0. The van der Waals surface area contributed by atoms with Gasteiger partial charge in [-0.15, -0.1) is 0 Å². The van der Waals surface area contributed by atoms with Gasteiger partial charge in [0, 0.05) is 10.5 Å². The largest absolute Gasteiger partial charge is 0.155 e. The van der Waals surface area contributed by atoms with E-state index in [0.29, 0.717) is 0 Å². The van der Waals surface area contributed by atoms with Gasteiger partial charge in [-0.05, 0) is 43.9 Å². The van der Waals surface area contributed by atoms with E-state index in [1.165, 1.54) is 64.2 Å². The number of hydrogen-bond donors (Lipinski definition) is 0. The molecule has 0 N–H and O–H groups in total. The standard InChI is InChI=1S/C16H30S/c1-13(2)12-14-8-6-7-11-16(14)17-15-9-4-3-5-10-15/h13-16H,3-12H2,1-2H3. The third-order valence-corrected chi connectivity index (χ3v) is 6.36. The van der Waals surface area contributed by atoms with Crippen LogP contribution in [0.1, 0.15) is 78.1 Å². The first kappa shape index (κ1) is 13.8. The van der Waals surface area contributed by atoms with Crippen molar-refractivity contribution in [2.24, 2.45) is 11.8 Å². The van der Waals surface area contributed by atoms with Gasteiger partial charge in [0.25, 0.3) is 0 Å². The highest BCUT2D eigenvalue weighted by Crippen LogP contribution is 2.41. The van der Waals surface area contributed by atoms with Crippen molar-refractivity contribution in [3.8, 4) is 0 Å². The SMILES string of the molecule is CC(C)CC1CCCCC1SC1CCCCC1. The van der Waals surface area contributed by atoms with Crippen LogP contribution in [-0.4, -0.2) is 10.5 Å². The van der Waals surface area contributed by atoms with Gasteiger partial charge in [0.2, 0.25) is 0 Å². The first-order chi connectivity index (χ1) is 8.25. The van der Waals surface area contributed by atoms with E-state index in [2.05, 4.69) is 25.6 Å². The molecule has 0 aliphatic heterocycles. The lowest BCUT2D eigenvalue weighted by Gasteiger charge is -2.35. The Hall–Kier alpha value is 0.350. The van der Waals surface area contributed by atoms with Crippen molar-refractivity contribution in [3.63, 3.8) is 0 Å². The summed E-state index contributed by atoms with van der Waals surface area (Å²) in [6.45, 7) is 4.80. The van der Waals surface area contributed by atoms with Gasteiger partial charge in [-0.1, -0.05) is 46.0 Å². The van der Waals surface area contributed by atoms with E-state index in [0.717, 1.165) is 22.3 Å². The monoisotopic (exact) mass is 254 g/mol. The van der Waals surface area contributed by atoms with Gasteiger partial charge in [0.15, 0.2) is 0 Å². The summed E-state index contributed by atoms with van der Waals surface area (Å²) in [7, 11) is 0. The Morgan fingerprint density at radius 1 is 0.882 bits per heavy atom. The molecule has 2 fully saturated rings. The lowest BCUT2D eigenvalue weighted by molar-refractivity contribution is 0.313. The lowest BCUT2D eigenvalue weighted by atomic mass is 9.83. The molecule has 0 aromatic carbocycles. The molecule has 100 valence electrons. The average Bonchev–Trinajstić information content (AvgIpc) is 2.32. The van der Waals surface area contributed by atoms with Crippen molar-refractivity contribution in [1.29, 1.82) is 0 Å². The van der Waals surface area contributed by atoms with Crippen LogP contribution in [0.4, 0.5) is 0 Å². The van der Waals surface area contributed by atoms with Crippen LogP contribution in [0.3, 0.4) is 0 Å². The predicted molar refractivity (Wildman–Crippen MR) is 79.7 cm³/mol. The van der Waals surface area contributed by atoms with Gasteiger partial charge < -0.3 is 0 Å². The predicted octanol–water partition coefficient (Wildman–Crippen LogP) is 5.66. The lowest BCUT2D eigenvalue weighted by Crippen LogP contribution is -2.26. The summed E-state index contributed by atoms with van der Waals surface area (Å²) in [6.07, 6.45) is 15.0. The Morgan fingerprint density at radius 2 is 1.53 bits per heavy atom. The smallest absolute Gasteiger partial charge is 0.00782 e.